The fraction of sp³-hybridized carbons (Fsp3) is 0.571. The van der Waals surface area contributed by atoms with Crippen molar-refractivity contribution in [2.24, 2.45) is 0 Å². The molecule has 0 aromatic rings. The van der Waals surface area contributed by atoms with E-state index in [1.54, 1.807) is 0 Å². The Morgan fingerprint density at radius 3 is 2.88 bits per heavy atom. The quantitative estimate of drug-likeness (QED) is 0.393. The standard InChI is InChI=1S/C14H23OSi/c1-6-7-8-9-13-11-16(4,5)15-14(13)10-12(2)3/h6,14H,1-2,7-8,10-11H2,3-5H3/t14-/m0/s1. The van der Waals surface area contributed by atoms with Crippen LogP contribution in [-0.2, 0) is 4.43 Å². The van der Waals surface area contributed by atoms with Crippen molar-refractivity contribution in [2.45, 2.75) is 51.4 Å². The minimum atomic E-state index is -1.46. The van der Waals surface area contributed by atoms with Gasteiger partial charge in [0, 0.05) is 0 Å². The molecule has 0 N–H and O–H groups in total. The van der Waals surface area contributed by atoms with E-state index in [9.17, 15) is 0 Å². The summed E-state index contributed by atoms with van der Waals surface area (Å²) in [5.74, 6) is 0. The average molecular weight is 235 g/mol. The second kappa shape index (κ2) is 5.64. The highest BCUT2D eigenvalue weighted by Crippen LogP contribution is 2.35. The first-order chi connectivity index (χ1) is 7.44. The maximum atomic E-state index is 6.16. The van der Waals surface area contributed by atoms with Gasteiger partial charge in [0.15, 0.2) is 8.32 Å². The van der Waals surface area contributed by atoms with Crippen molar-refractivity contribution < 1.29 is 4.43 Å². The highest BCUT2D eigenvalue weighted by molar-refractivity contribution is 6.72. The van der Waals surface area contributed by atoms with Gasteiger partial charge in [-0.15, -0.1) is 13.2 Å². The lowest BCUT2D eigenvalue weighted by molar-refractivity contribution is 0.254. The molecule has 1 atom stereocenters. The first kappa shape index (κ1) is 13.5. The van der Waals surface area contributed by atoms with Crippen LogP contribution in [0.1, 0.15) is 26.2 Å². The van der Waals surface area contributed by atoms with E-state index < -0.39 is 8.32 Å². The summed E-state index contributed by atoms with van der Waals surface area (Å²) in [5, 5.41) is 0. The summed E-state index contributed by atoms with van der Waals surface area (Å²) in [6.07, 6.45) is 8.63. The van der Waals surface area contributed by atoms with Crippen LogP contribution in [0, 0.1) is 6.08 Å². The zero-order valence-corrected chi connectivity index (χ0v) is 11.8. The lowest BCUT2D eigenvalue weighted by Crippen LogP contribution is -2.25. The van der Waals surface area contributed by atoms with Gasteiger partial charge < -0.3 is 4.43 Å². The Hall–Kier alpha value is -0.603. The normalized spacial score (nSPS) is 25.9. The lowest BCUT2D eigenvalue weighted by Gasteiger charge is -2.17. The minimum absolute atomic E-state index is 0.254. The van der Waals surface area contributed by atoms with Gasteiger partial charge in [0.2, 0.25) is 0 Å². The molecule has 1 fully saturated rings. The Morgan fingerprint density at radius 2 is 2.31 bits per heavy atom. The summed E-state index contributed by atoms with van der Waals surface area (Å²) < 4.78 is 6.16. The van der Waals surface area contributed by atoms with Gasteiger partial charge in [-0.2, -0.15) is 0 Å². The van der Waals surface area contributed by atoms with Gasteiger partial charge in [0.25, 0.3) is 0 Å². The molecule has 1 heterocycles. The summed E-state index contributed by atoms with van der Waals surface area (Å²) in [7, 11) is -1.46. The van der Waals surface area contributed by atoms with Crippen molar-refractivity contribution in [1.29, 1.82) is 0 Å². The summed E-state index contributed by atoms with van der Waals surface area (Å²) in [6, 6.07) is 1.13. The van der Waals surface area contributed by atoms with Crippen LogP contribution in [0.2, 0.25) is 19.1 Å². The van der Waals surface area contributed by atoms with E-state index in [1.807, 2.05) is 6.08 Å². The van der Waals surface area contributed by atoms with Crippen LogP contribution >= 0.6 is 0 Å². The van der Waals surface area contributed by atoms with Crippen molar-refractivity contribution in [3.8, 4) is 0 Å². The predicted molar refractivity (Wildman–Crippen MR) is 72.8 cm³/mol. The van der Waals surface area contributed by atoms with Crippen LogP contribution in [0.5, 0.6) is 0 Å². The largest absolute Gasteiger partial charge is 0.410 e. The Balaban J connectivity index is 2.67. The van der Waals surface area contributed by atoms with E-state index in [2.05, 4.69) is 39.3 Å². The van der Waals surface area contributed by atoms with Gasteiger partial charge in [0.05, 0.1) is 6.10 Å². The molecule has 1 nitrogen and oxygen atoms in total. The zero-order chi connectivity index (χ0) is 12.2. The molecular formula is C14H23OSi. The number of rotatable bonds is 5. The van der Waals surface area contributed by atoms with Gasteiger partial charge in [-0.1, -0.05) is 11.6 Å². The van der Waals surface area contributed by atoms with Crippen LogP contribution in [0.3, 0.4) is 0 Å². The number of allylic oxidation sites excluding steroid dienone is 2. The van der Waals surface area contributed by atoms with Crippen LogP contribution < -0.4 is 0 Å². The SMILES string of the molecule is C=CCC[C]=C1C[Si](C)(C)O[C@H]1CC(=C)C. The molecule has 1 aliphatic heterocycles. The highest BCUT2D eigenvalue weighted by Gasteiger charge is 2.37. The van der Waals surface area contributed by atoms with E-state index in [1.165, 1.54) is 11.1 Å². The van der Waals surface area contributed by atoms with Crippen molar-refractivity contribution in [3.05, 3.63) is 36.5 Å². The molecule has 1 rings (SSSR count). The predicted octanol–water partition coefficient (Wildman–Crippen LogP) is 4.25. The van der Waals surface area contributed by atoms with Crippen molar-refractivity contribution >= 4 is 8.32 Å². The van der Waals surface area contributed by atoms with Gasteiger partial charge in [-0.05, 0) is 57.0 Å². The van der Waals surface area contributed by atoms with Crippen molar-refractivity contribution in [3.63, 3.8) is 0 Å². The van der Waals surface area contributed by atoms with Crippen LogP contribution in [-0.4, -0.2) is 14.4 Å². The molecule has 0 amide bonds. The van der Waals surface area contributed by atoms with E-state index >= 15 is 0 Å². The number of unbranched alkanes of at least 4 members (excludes halogenated alkanes) is 1. The third-order valence-electron chi connectivity index (χ3n) is 2.70. The smallest absolute Gasteiger partial charge is 0.191 e. The van der Waals surface area contributed by atoms with Gasteiger partial charge in [0.1, 0.15) is 0 Å². The molecule has 16 heavy (non-hydrogen) atoms. The Morgan fingerprint density at radius 1 is 1.62 bits per heavy atom. The van der Waals surface area contributed by atoms with Gasteiger partial charge in [-0.3, -0.25) is 0 Å². The summed E-state index contributed by atoms with van der Waals surface area (Å²) in [5.41, 5.74) is 2.57. The first-order valence-corrected chi connectivity index (χ1v) is 9.09. The highest BCUT2D eigenvalue weighted by atomic mass is 28.4. The summed E-state index contributed by atoms with van der Waals surface area (Å²) >= 11 is 0. The number of hydrogen-bond donors (Lipinski definition) is 0. The fourth-order valence-corrected chi connectivity index (χ4v) is 4.41. The van der Waals surface area contributed by atoms with E-state index in [0.717, 1.165) is 25.3 Å². The van der Waals surface area contributed by atoms with E-state index in [4.69, 9.17) is 4.43 Å². The summed E-state index contributed by atoms with van der Waals surface area (Å²) in [6.45, 7) is 14.3. The summed E-state index contributed by atoms with van der Waals surface area (Å²) in [4.78, 5) is 0. The molecule has 1 radical (unpaired) electrons. The lowest BCUT2D eigenvalue weighted by atomic mass is 10.0. The van der Waals surface area contributed by atoms with Gasteiger partial charge >= 0.3 is 0 Å². The molecule has 1 aliphatic rings. The fourth-order valence-electron chi connectivity index (χ4n) is 2.06. The minimum Gasteiger partial charge on any atom is -0.410 e. The van der Waals surface area contributed by atoms with Crippen molar-refractivity contribution in [1.82, 2.24) is 0 Å². The van der Waals surface area contributed by atoms with Crippen LogP contribution in [0.25, 0.3) is 0 Å². The number of hydrogen-bond acceptors (Lipinski definition) is 1. The monoisotopic (exact) mass is 235 g/mol. The Bertz CT molecular complexity index is 302. The van der Waals surface area contributed by atoms with E-state index in [-0.39, 0.29) is 6.10 Å². The second-order valence-corrected chi connectivity index (χ2v) is 9.34. The topological polar surface area (TPSA) is 9.23 Å². The van der Waals surface area contributed by atoms with Crippen molar-refractivity contribution in [2.75, 3.05) is 0 Å². The average Bonchev–Trinajstić information content (AvgIpc) is 2.40. The molecule has 1 saturated heterocycles. The molecule has 0 aliphatic carbocycles. The molecule has 0 aromatic carbocycles. The molecule has 0 spiro atoms. The molecular weight excluding hydrogens is 212 g/mol. The third-order valence-corrected chi connectivity index (χ3v) is 4.86. The Labute approximate surface area is 101 Å². The van der Waals surface area contributed by atoms with Gasteiger partial charge in [-0.25, -0.2) is 0 Å². The maximum Gasteiger partial charge on any atom is 0.191 e. The first-order valence-electron chi connectivity index (χ1n) is 5.97. The molecule has 0 unspecified atom stereocenters. The second-order valence-electron chi connectivity index (χ2n) is 5.23. The molecule has 2 heteroatoms. The molecule has 0 aromatic heterocycles. The van der Waals surface area contributed by atoms with Crippen LogP contribution in [0.15, 0.2) is 30.4 Å². The van der Waals surface area contributed by atoms with E-state index in [0.29, 0.717) is 0 Å². The molecule has 0 saturated carbocycles. The zero-order valence-electron chi connectivity index (χ0n) is 10.8. The maximum absolute atomic E-state index is 6.16. The third kappa shape index (κ3) is 4.10. The Kier molecular flexibility index (Phi) is 4.75. The van der Waals surface area contributed by atoms with Crippen LogP contribution in [0.4, 0.5) is 0 Å². The molecule has 0 bridgehead atoms. The molecule has 89 valence electrons.